The number of hydrogen-bond donors (Lipinski definition) is 4. The van der Waals surface area contributed by atoms with E-state index in [2.05, 4.69) is 68.4 Å². The maximum atomic E-state index is 13.6. The lowest BCUT2D eigenvalue weighted by Crippen LogP contribution is -2.62. The second-order valence-electron chi connectivity index (χ2n) is 15.0. The summed E-state index contributed by atoms with van der Waals surface area (Å²) in [6, 6.07) is 5.23. The lowest BCUT2D eigenvalue weighted by atomic mass is 9.97. The minimum atomic E-state index is -2.17. The van der Waals surface area contributed by atoms with E-state index in [4.69, 9.17) is 4.43 Å². The number of amides is 4. The molecule has 0 radical (unpaired) electrons. The first-order valence-electron chi connectivity index (χ1n) is 17.3. The summed E-state index contributed by atoms with van der Waals surface area (Å²) in [5.41, 5.74) is 4.98. The fourth-order valence-corrected chi connectivity index (χ4v) is 6.75. The van der Waals surface area contributed by atoms with Crippen molar-refractivity contribution in [2.75, 3.05) is 6.54 Å². The number of hydrogen-bond acceptors (Lipinski definition) is 6. The van der Waals surface area contributed by atoms with Gasteiger partial charge in [0, 0.05) is 6.54 Å². The highest BCUT2D eigenvalue weighted by molar-refractivity contribution is 6.74. The molecule has 4 N–H and O–H groups in total. The predicted octanol–water partition coefficient (Wildman–Crippen LogP) is 5.64. The topological polar surface area (TPSA) is 129 Å². The number of allylic oxidation sites excluding steroid dienone is 1. The Morgan fingerprint density at radius 3 is 2.29 bits per heavy atom. The van der Waals surface area contributed by atoms with Crippen molar-refractivity contribution in [2.45, 2.75) is 129 Å². The molecule has 4 amide bonds. The first-order chi connectivity index (χ1) is 22.3. The first-order valence-corrected chi connectivity index (χ1v) is 20.2. The lowest BCUT2D eigenvalue weighted by Gasteiger charge is -2.41. The second kappa shape index (κ2) is 17.9. The van der Waals surface area contributed by atoms with Gasteiger partial charge >= 0.3 is 0 Å². The summed E-state index contributed by atoms with van der Waals surface area (Å²) in [4.78, 5) is 53.6. The summed E-state index contributed by atoms with van der Waals surface area (Å²) in [5.74, 6) is -2.01. The predicted molar refractivity (Wildman–Crippen MR) is 196 cm³/mol. The maximum absolute atomic E-state index is 13.6. The fraction of sp³-hybridized carbons (Fsp3) is 0.622. The minimum absolute atomic E-state index is 0.0257. The molecule has 0 aliphatic carbocycles. The zero-order valence-corrected chi connectivity index (χ0v) is 31.9. The van der Waals surface area contributed by atoms with E-state index in [9.17, 15) is 19.2 Å². The number of nitrogens with zero attached hydrogens (tertiary/aromatic N) is 1. The molecule has 1 aromatic rings. The average molecular weight is 684 g/mol. The normalized spacial score (nSPS) is 18.6. The van der Waals surface area contributed by atoms with Crippen molar-refractivity contribution in [3.8, 4) is 0 Å². The molecule has 1 fully saturated rings. The molecule has 1 saturated heterocycles. The smallest absolute Gasteiger partial charge is 0.258 e. The molecule has 6 atom stereocenters. The number of nitrogens with one attached hydrogen (secondary N) is 4. The van der Waals surface area contributed by atoms with Gasteiger partial charge in [-0.3, -0.25) is 24.2 Å². The van der Waals surface area contributed by atoms with Gasteiger partial charge < -0.3 is 20.4 Å². The van der Waals surface area contributed by atoms with E-state index in [0.29, 0.717) is 32.2 Å². The van der Waals surface area contributed by atoms with Crippen molar-refractivity contribution in [3.63, 3.8) is 0 Å². The number of benzene rings is 1. The molecule has 48 heavy (non-hydrogen) atoms. The Bertz CT molecular complexity index is 1290. The summed E-state index contributed by atoms with van der Waals surface area (Å²) in [5, 5.41) is 10.2. The average Bonchev–Trinajstić information content (AvgIpc) is 3.03. The number of hydrazine groups is 1. The standard InChI is InChI=1S/C37H61N5O5Si/c1-13-15-21-31(47-48(11,12)37(8,9)10)25(5)33(43)40-32(24(3)4)35(45)39-27(7)36(46)42-22-17-20-30(41-42)34(44)38-26(6)29-19-16-18-28(14-2)23-29/h13-14,16,18-19,23-27,30-32,41H,1-2,15,17,20-22H2,3-12H3,(H,38,44)(H,39,45)(H,40,43)/t25-,26-,27?,30?,31-,32?/m1/s1. The van der Waals surface area contributed by atoms with Crippen LogP contribution in [0.25, 0.3) is 6.08 Å². The van der Waals surface area contributed by atoms with E-state index >= 15 is 0 Å². The van der Waals surface area contributed by atoms with Crippen LogP contribution in [-0.4, -0.2) is 67.7 Å². The van der Waals surface area contributed by atoms with Gasteiger partial charge in [-0.05, 0) is 80.8 Å². The molecule has 2 rings (SSSR count). The lowest BCUT2D eigenvalue weighted by molar-refractivity contribution is -0.143. The van der Waals surface area contributed by atoms with Gasteiger partial charge in [0.25, 0.3) is 5.91 Å². The Kier molecular flexibility index (Phi) is 15.3. The SMILES string of the molecule is C=CCC[C@@H](O[Si](C)(C)C(C)(C)C)[C@@H](C)C(=O)NC(C(=O)NC(C)C(=O)N1CCCC(C(=O)N[C@H](C)c2cccc(C=C)c2)N1)C(C)C. The Hall–Kier alpha value is -3.28. The zero-order chi connectivity index (χ0) is 36.4. The van der Waals surface area contributed by atoms with Crippen LogP contribution in [0.4, 0.5) is 0 Å². The molecule has 10 nitrogen and oxygen atoms in total. The van der Waals surface area contributed by atoms with Crippen LogP contribution in [0.2, 0.25) is 18.1 Å². The van der Waals surface area contributed by atoms with Gasteiger partial charge in [-0.15, -0.1) is 6.58 Å². The van der Waals surface area contributed by atoms with Crippen molar-refractivity contribution in [1.82, 2.24) is 26.4 Å². The van der Waals surface area contributed by atoms with Gasteiger partial charge in [0.1, 0.15) is 18.1 Å². The summed E-state index contributed by atoms with van der Waals surface area (Å²) in [6.07, 6.45) is 5.82. The summed E-state index contributed by atoms with van der Waals surface area (Å²) < 4.78 is 6.67. The number of carbonyl (C=O) groups is 4. The largest absolute Gasteiger partial charge is 0.413 e. The third kappa shape index (κ3) is 11.4. The summed E-state index contributed by atoms with van der Waals surface area (Å²) >= 11 is 0. The molecule has 0 spiro atoms. The molecule has 0 bridgehead atoms. The summed E-state index contributed by atoms with van der Waals surface area (Å²) in [7, 11) is -2.17. The number of rotatable bonds is 16. The highest BCUT2D eigenvalue weighted by Crippen LogP contribution is 2.38. The molecular formula is C37H61N5O5Si. The molecule has 0 aromatic heterocycles. The Balaban J connectivity index is 2.04. The van der Waals surface area contributed by atoms with Gasteiger partial charge in [-0.2, -0.15) is 0 Å². The second-order valence-corrected chi connectivity index (χ2v) is 19.7. The van der Waals surface area contributed by atoms with Crippen LogP contribution in [0.5, 0.6) is 0 Å². The third-order valence-corrected chi connectivity index (χ3v) is 14.1. The van der Waals surface area contributed by atoms with Gasteiger partial charge in [0.05, 0.1) is 18.1 Å². The van der Waals surface area contributed by atoms with Gasteiger partial charge in [0.2, 0.25) is 17.7 Å². The Morgan fingerprint density at radius 2 is 1.71 bits per heavy atom. The molecule has 0 saturated carbocycles. The van der Waals surface area contributed by atoms with Crippen LogP contribution in [0.1, 0.15) is 98.2 Å². The van der Waals surface area contributed by atoms with E-state index in [1.54, 1.807) is 13.0 Å². The van der Waals surface area contributed by atoms with Gasteiger partial charge in [0.15, 0.2) is 8.32 Å². The van der Waals surface area contributed by atoms with Crippen molar-refractivity contribution in [1.29, 1.82) is 0 Å². The molecule has 1 heterocycles. The van der Waals surface area contributed by atoms with Crippen LogP contribution < -0.4 is 21.4 Å². The van der Waals surface area contributed by atoms with Gasteiger partial charge in [-0.1, -0.05) is 78.5 Å². The third-order valence-electron chi connectivity index (χ3n) is 9.63. The molecule has 3 unspecified atom stereocenters. The molecule has 268 valence electrons. The van der Waals surface area contributed by atoms with Crippen molar-refractivity contribution in [3.05, 3.63) is 54.6 Å². The molecule has 1 aliphatic heterocycles. The van der Waals surface area contributed by atoms with Crippen molar-refractivity contribution in [2.24, 2.45) is 11.8 Å². The van der Waals surface area contributed by atoms with Crippen LogP contribution in [-0.2, 0) is 23.6 Å². The monoisotopic (exact) mass is 683 g/mol. The van der Waals surface area contributed by atoms with E-state index in [0.717, 1.165) is 11.1 Å². The maximum Gasteiger partial charge on any atom is 0.258 e. The quantitative estimate of drug-likeness (QED) is 0.132. The summed E-state index contributed by atoms with van der Waals surface area (Å²) in [6.45, 7) is 27.9. The van der Waals surface area contributed by atoms with Crippen molar-refractivity contribution >= 4 is 38.0 Å². The number of carbonyl (C=O) groups excluding carboxylic acids is 4. The molecular weight excluding hydrogens is 623 g/mol. The van der Waals surface area contributed by atoms with E-state index < -0.39 is 38.3 Å². The van der Waals surface area contributed by atoms with Gasteiger partial charge in [-0.25, -0.2) is 5.43 Å². The minimum Gasteiger partial charge on any atom is -0.413 e. The molecule has 11 heteroatoms. The van der Waals surface area contributed by atoms with Crippen LogP contribution in [0, 0.1) is 11.8 Å². The highest BCUT2D eigenvalue weighted by Gasteiger charge is 2.41. The Labute approximate surface area is 290 Å². The van der Waals surface area contributed by atoms with E-state index in [1.165, 1.54) is 5.01 Å². The first kappa shape index (κ1) is 40.9. The molecule has 1 aromatic carbocycles. The van der Waals surface area contributed by atoms with E-state index in [-0.39, 0.29) is 40.8 Å². The fourth-order valence-electron chi connectivity index (χ4n) is 5.32. The van der Waals surface area contributed by atoms with Crippen molar-refractivity contribution < 1.29 is 23.6 Å². The molecule has 1 aliphatic rings. The van der Waals surface area contributed by atoms with E-state index in [1.807, 2.05) is 58.0 Å². The van der Waals surface area contributed by atoms with Crippen LogP contribution in [0.3, 0.4) is 0 Å². The Morgan fingerprint density at radius 1 is 1.04 bits per heavy atom. The van der Waals surface area contributed by atoms with Crippen LogP contribution >= 0.6 is 0 Å². The zero-order valence-electron chi connectivity index (χ0n) is 30.9. The van der Waals surface area contributed by atoms with Crippen LogP contribution in [0.15, 0.2) is 43.5 Å². The highest BCUT2D eigenvalue weighted by atomic mass is 28.4.